The monoisotopic (exact) mass is 497 g/mol. The standard InChI is InChI=1S/C25H22F3N5O3/c26-25(27,28)19-5-2-4-18(16-19)24(35)29-20-6-1-3-17(15-20)7-10-23(34)30-21-8-9-22(32-31-21)33-11-13-36-14-12-33/h1-10,15-16H,11-14H2,(H,29,35)(H,30,31,34). The molecule has 1 fully saturated rings. The lowest BCUT2D eigenvalue weighted by Crippen LogP contribution is -2.36. The van der Waals surface area contributed by atoms with Crippen LogP contribution in [0.15, 0.2) is 66.7 Å². The van der Waals surface area contributed by atoms with Crippen LogP contribution in [-0.2, 0) is 15.7 Å². The average Bonchev–Trinajstić information content (AvgIpc) is 2.88. The molecular weight excluding hydrogens is 475 g/mol. The molecule has 2 amide bonds. The SMILES string of the molecule is O=C(C=Cc1cccc(NC(=O)c2cccc(C(F)(F)F)c2)c1)Nc1ccc(N2CCOCC2)nn1. The van der Waals surface area contributed by atoms with Gasteiger partial charge in [0.2, 0.25) is 5.91 Å². The number of hydrogen-bond acceptors (Lipinski definition) is 6. The average molecular weight is 497 g/mol. The summed E-state index contributed by atoms with van der Waals surface area (Å²) in [4.78, 5) is 26.7. The van der Waals surface area contributed by atoms with E-state index in [9.17, 15) is 22.8 Å². The molecule has 186 valence electrons. The Kier molecular flexibility index (Phi) is 7.59. The van der Waals surface area contributed by atoms with Crippen LogP contribution < -0.4 is 15.5 Å². The number of amides is 2. The molecule has 3 aromatic rings. The molecule has 0 bridgehead atoms. The van der Waals surface area contributed by atoms with Crippen LogP contribution in [0, 0.1) is 0 Å². The van der Waals surface area contributed by atoms with Gasteiger partial charge in [0.25, 0.3) is 5.91 Å². The third kappa shape index (κ3) is 6.66. The first-order valence-corrected chi connectivity index (χ1v) is 11.0. The molecule has 0 atom stereocenters. The summed E-state index contributed by atoms with van der Waals surface area (Å²) >= 11 is 0. The van der Waals surface area contributed by atoms with Crippen molar-refractivity contribution in [3.63, 3.8) is 0 Å². The van der Waals surface area contributed by atoms with Crippen molar-refractivity contribution < 1.29 is 27.5 Å². The molecule has 2 heterocycles. The van der Waals surface area contributed by atoms with Crippen LogP contribution in [0.3, 0.4) is 0 Å². The lowest BCUT2D eigenvalue weighted by Gasteiger charge is -2.27. The molecule has 0 saturated carbocycles. The number of carbonyl (C=O) groups excluding carboxylic acids is 2. The molecule has 0 unspecified atom stereocenters. The van der Waals surface area contributed by atoms with Gasteiger partial charge in [0, 0.05) is 30.4 Å². The van der Waals surface area contributed by atoms with Crippen LogP contribution in [0.2, 0.25) is 0 Å². The summed E-state index contributed by atoms with van der Waals surface area (Å²) in [6.07, 6.45) is -1.71. The van der Waals surface area contributed by atoms with Gasteiger partial charge in [0.15, 0.2) is 11.6 Å². The van der Waals surface area contributed by atoms with E-state index in [2.05, 4.69) is 20.8 Å². The quantitative estimate of drug-likeness (QED) is 0.495. The summed E-state index contributed by atoms with van der Waals surface area (Å²) in [5.74, 6) is -0.111. The zero-order chi connectivity index (χ0) is 25.5. The zero-order valence-corrected chi connectivity index (χ0v) is 19.0. The molecule has 1 saturated heterocycles. The van der Waals surface area contributed by atoms with Gasteiger partial charge in [-0.15, -0.1) is 10.2 Å². The highest BCUT2D eigenvalue weighted by atomic mass is 19.4. The number of carbonyl (C=O) groups is 2. The Morgan fingerprint density at radius 2 is 1.72 bits per heavy atom. The van der Waals surface area contributed by atoms with E-state index in [1.807, 2.05) is 4.90 Å². The van der Waals surface area contributed by atoms with Crippen LogP contribution in [0.5, 0.6) is 0 Å². The number of anilines is 3. The number of ether oxygens (including phenoxy) is 1. The van der Waals surface area contributed by atoms with Crippen molar-refractivity contribution in [1.29, 1.82) is 0 Å². The summed E-state index contributed by atoms with van der Waals surface area (Å²) in [6, 6.07) is 14.1. The fourth-order valence-electron chi connectivity index (χ4n) is 3.45. The Morgan fingerprint density at radius 3 is 2.44 bits per heavy atom. The summed E-state index contributed by atoms with van der Waals surface area (Å²) < 4.78 is 44.0. The Hall–Kier alpha value is -4.25. The number of benzene rings is 2. The number of rotatable bonds is 6. The molecule has 0 aliphatic carbocycles. The van der Waals surface area contributed by atoms with Crippen molar-refractivity contribution in [2.75, 3.05) is 41.8 Å². The molecule has 2 aromatic carbocycles. The molecule has 36 heavy (non-hydrogen) atoms. The first-order chi connectivity index (χ1) is 17.3. The number of aromatic nitrogens is 2. The lowest BCUT2D eigenvalue weighted by atomic mass is 10.1. The van der Waals surface area contributed by atoms with Gasteiger partial charge < -0.3 is 20.3 Å². The topological polar surface area (TPSA) is 96.5 Å². The second-order valence-electron chi connectivity index (χ2n) is 7.86. The third-order valence-electron chi connectivity index (χ3n) is 5.26. The number of hydrogen-bond donors (Lipinski definition) is 2. The molecule has 8 nitrogen and oxygen atoms in total. The van der Waals surface area contributed by atoms with Crippen molar-refractivity contribution in [2.24, 2.45) is 0 Å². The van der Waals surface area contributed by atoms with Crippen LogP contribution in [0.25, 0.3) is 6.08 Å². The van der Waals surface area contributed by atoms with E-state index < -0.39 is 23.6 Å². The fraction of sp³-hybridized carbons (Fsp3) is 0.200. The van der Waals surface area contributed by atoms with E-state index in [1.54, 1.807) is 36.4 Å². The normalized spacial score (nSPS) is 14.0. The molecule has 1 aliphatic rings. The molecule has 1 aromatic heterocycles. The van der Waals surface area contributed by atoms with Crippen molar-refractivity contribution in [1.82, 2.24) is 10.2 Å². The van der Waals surface area contributed by atoms with Crippen LogP contribution in [0.1, 0.15) is 21.5 Å². The van der Waals surface area contributed by atoms with Gasteiger partial charge in [-0.1, -0.05) is 18.2 Å². The van der Waals surface area contributed by atoms with Gasteiger partial charge in [-0.3, -0.25) is 9.59 Å². The highest BCUT2D eigenvalue weighted by molar-refractivity contribution is 6.05. The Bertz CT molecular complexity index is 1260. The third-order valence-corrected chi connectivity index (χ3v) is 5.26. The smallest absolute Gasteiger partial charge is 0.378 e. The predicted octanol–water partition coefficient (Wildman–Crippen LogP) is 4.24. The van der Waals surface area contributed by atoms with Crippen LogP contribution >= 0.6 is 0 Å². The fourth-order valence-corrected chi connectivity index (χ4v) is 3.45. The van der Waals surface area contributed by atoms with Gasteiger partial charge in [-0.05, 0) is 54.1 Å². The minimum Gasteiger partial charge on any atom is -0.378 e. The number of halogens is 3. The number of nitrogens with one attached hydrogen (secondary N) is 2. The molecule has 11 heteroatoms. The van der Waals surface area contributed by atoms with Crippen molar-refractivity contribution in [3.05, 3.63) is 83.4 Å². The Balaban J connectivity index is 1.35. The molecule has 2 N–H and O–H groups in total. The Morgan fingerprint density at radius 1 is 0.944 bits per heavy atom. The van der Waals surface area contributed by atoms with E-state index in [0.717, 1.165) is 25.2 Å². The second kappa shape index (κ2) is 11.0. The van der Waals surface area contributed by atoms with Crippen molar-refractivity contribution in [2.45, 2.75) is 6.18 Å². The number of alkyl halides is 3. The first kappa shape index (κ1) is 24.9. The maximum atomic E-state index is 12.9. The molecule has 0 spiro atoms. The summed E-state index contributed by atoms with van der Waals surface area (Å²) in [5.41, 5.74) is -0.0607. The summed E-state index contributed by atoms with van der Waals surface area (Å²) in [6.45, 7) is 2.70. The maximum absolute atomic E-state index is 12.9. The Labute approximate surface area is 204 Å². The highest BCUT2D eigenvalue weighted by Gasteiger charge is 2.30. The predicted molar refractivity (Wildman–Crippen MR) is 129 cm³/mol. The summed E-state index contributed by atoms with van der Waals surface area (Å²) in [5, 5.41) is 13.4. The summed E-state index contributed by atoms with van der Waals surface area (Å²) in [7, 11) is 0. The van der Waals surface area contributed by atoms with E-state index in [-0.39, 0.29) is 5.56 Å². The maximum Gasteiger partial charge on any atom is 0.416 e. The molecular formula is C25H22F3N5O3. The van der Waals surface area contributed by atoms with Crippen LogP contribution in [0.4, 0.5) is 30.5 Å². The number of morpholine rings is 1. The van der Waals surface area contributed by atoms with E-state index in [0.29, 0.717) is 36.1 Å². The van der Waals surface area contributed by atoms with Gasteiger partial charge in [-0.2, -0.15) is 13.2 Å². The van der Waals surface area contributed by atoms with E-state index >= 15 is 0 Å². The second-order valence-corrected chi connectivity index (χ2v) is 7.86. The minimum absolute atomic E-state index is 0.120. The largest absolute Gasteiger partial charge is 0.416 e. The first-order valence-electron chi connectivity index (χ1n) is 11.0. The van der Waals surface area contributed by atoms with Gasteiger partial charge in [0.1, 0.15) is 0 Å². The number of nitrogens with zero attached hydrogens (tertiary/aromatic N) is 3. The zero-order valence-electron chi connectivity index (χ0n) is 19.0. The highest BCUT2D eigenvalue weighted by Crippen LogP contribution is 2.29. The van der Waals surface area contributed by atoms with Crippen LogP contribution in [-0.4, -0.2) is 48.3 Å². The molecule has 4 rings (SSSR count). The van der Waals surface area contributed by atoms with E-state index in [4.69, 9.17) is 4.74 Å². The molecule has 1 aliphatic heterocycles. The van der Waals surface area contributed by atoms with Gasteiger partial charge in [-0.25, -0.2) is 0 Å². The minimum atomic E-state index is -4.54. The van der Waals surface area contributed by atoms with Crippen molar-refractivity contribution >= 4 is 35.2 Å². The van der Waals surface area contributed by atoms with Gasteiger partial charge in [0.05, 0.1) is 18.8 Å². The van der Waals surface area contributed by atoms with E-state index in [1.165, 1.54) is 24.3 Å². The lowest BCUT2D eigenvalue weighted by molar-refractivity contribution is -0.137. The molecule has 0 radical (unpaired) electrons. The van der Waals surface area contributed by atoms with Gasteiger partial charge >= 0.3 is 6.18 Å². The van der Waals surface area contributed by atoms with Crippen molar-refractivity contribution in [3.8, 4) is 0 Å².